The zero-order chi connectivity index (χ0) is 5.21. The Kier molecular flexibility index (Phi) is 7.37. The van der Waals surface area contributed by atoms with Crippen LogP contribution in [0.25, 0.3) is 0 Å². The van der Waals surface area contributed by atoms with Gasteiger partial charge in [0.2, 0.25) is 0 Å². The second kappa shape index (κ2) is 4.51. The largest absolute Gasteiger partial charge is 0.285 e. The summed E-state index contributed by atoms with van der Waals surface area (Å²) in [6.07, 6.45) is 0. The van der Waals surface area contributed by atoms with Crippen LogP contribution in [0.3, 0.4) is 0 Å². The van der Waals surface area contributed by atoms with E-state index in [4.69, 9.17) is 4.55 Å². The van der Waals surface area contributed by atoms with Crippen LogP contribution in [0.5, 0.6) is 0 Å². The van der Waals surface area contributed by atoms with Crippen molar-refractivity contribution in [1.29, 1.82) is 0 Å². The molecule has 7 heavy (non-hydrogen) atoms. The summed E-state index contributed by atoms with van der Waals surface area (Å²) in [5.41, 5.74) is 0. The third-order valence-electron chi connectivity index (χ3n) is 0.138. The predicted octanol–water partition coefficient (Wildman–Crippen LogP) is -0.114. The van der Waals surface area contributed by atoms with Crippen molar-refractivity contribution in [3.63, 3.8) is 0 Å². The summed E-state index contributed by atoms with van der Waals surface area (Å²) in [6, 6.07) is 0. The fourth-order valence-electron chi connectivity index (χ4n) is 0. The Labute approximate surface area is 78.0 Å². The zero-order valence-electron chi connectivity index (χ0n) is 3.76. The van der Waals surface area contributed by atoms with Gasteiger partial charge in [-0.25, -0.2) is 0 Å². The molecule has 0 aromatic rings. The van der Waals surface area contributed by atoms with Crippen molar-refractivity contribution in [2.24, 2.45) is 0 Å². The van der Waals surface area contributed by atoms with Gasteiger partial charge in [0.05, 0.1) is 0 Å². The van der Waals surface area contributed by atoms with Gasteiger partial charge in [0.15, 0.2) is 0 Å². The molecule has 0 rings (SSSR count). The molecule has 0 aliphatic carbocycles. The normalized spacial score (nSPS) is 10.0. The van der Waals surface area contributed by atoms with Crippen molar-refractivity contribution < 1.29 is 13.0 Å². The summed E-state index contributed by atoms with van der Waals surface area (Å²) < 4.78 is 26.7. The maximum absolute atomic E-state index is 9.55. The van der Waals surface area contributed by atoms with Crippen LogP contribution in [0.1, 0.15) is 0 Å². The number of halogens is 1. The van der Waals surface area contributed by atoms with Gasteiger partial charge in [-0.2, -0.15) is 8.42 Å². The van der Waals surface area contributed by atoms with Crippen LogP contribution >= 0.6 is 22.6 Å². The van der Waals surface area contributed by atoms with Gasteiger partial charge < -0.3 is 0 Å². The van der Waals surface area contributed by atoms with Crippen LogP contribution in [0.15, 0.2) is 0 Å². The number of rotatable bonds is 1. The molecule has 3 nitrogen and oxygen atoms in total. The molecule has 0 spiro atoms. The molecule has 0 aromatic carbocycles. The minimum atomic E-state index is -3.68. The second-order valence-electron chi connectivity index (χ2n) is 0.691. The van der Waals surface area contributed by atoms with Gasteiger partial charge in [0.25, 0.3) is 10.1 Å². The van der Waals surface area contributed by atoms with E-state index in [9.17, 15) is 8.42 Å². The van der Waals surface area contributed by atoms with Gasteiger partial charge in [0, 0.05) is 29.6 Å². The fourth-order valence-corrected chi connectivity index (χ4v) is 0. The third-order valence-corrected chi connectivity index (χ3v) is 2.77. The summed E-state index contributed by atoms with van der Waals surface area (Å²) in [7, 11) is -3.68. The first-order valence-electron chi connectivity index (χ1n) is 1.07. The van der Waals surface area contributed by atoms with E-state index < -0.39 is 10.1 Å². The summed E-state index contributed by atoms with van der Waals surface area (Å²) in [5.74, 6) is 0. The van der Waals surface area contributed by atoms with Crippen LogP contribution in [0, 0.1) is 0 Å². The van der Waals surface area contributed by atoms with Crippen LogP contribution in [-0.4, -0.2) is 46.3 Å². The molecule has 0 fully saturated rings. The van der Waals surface area contributed by atoms with E-state index in [1.54, 1.807) is 22.6 Å². The van der Waals surface area contributed by atoms with Gasteiger partial charge in [-0.15, -0.1) is 0 Å². The molecule has 0 amide bonds. The molecule has 0 bridgehead atoms. The van der Waals surface area contributed by atoms with Crippen molar-refractivity contribution in [2.45, 2.75) is 0 Å². The Balaban J connectivity index is 0. The molecule has 0 saturated carbocycles. The molecular weight excluding hydrogens is 242 g/mol. The third kappa shape index (κ3) is 11.3. The standard InChI is InChI=1S/CH3IO3S.Na/c2-1-6(3,4)5;/h1H2,(H,3,4,5);. The fraction of sp³-hybridized carbons (Fsp3) is 1.00. The van der Waals surface area contributed by atoms with Crippen molar-refractivity contribution in [3.8, 4) is 0 Å². The molecule has 0 unspecified atom stereocenters. The monoisotopic (exact) mass is 245 g/mol. The number of hydrogen-bond acceptors (Lipinski definition) is 2. The van der Waals surface area contributed by atoms with Gasteiger partial charge in [-0.3, -0.25) is 4.55 Å². The van der Waals surface area contributed by atoms with E-state index in [1.165, 1.54) is 0 Å². The molecule has 0 aliphatic heterocycles. The van der Waals surface area contributed by atoms with Crippen LogP contribution in [0.4, 0.5) is 0 Å². The molecule has 0 aromatic heterocycles. The van der Waals surface area contributed by atoms with E-state index in [0.29, 0.717) is 0 Å². The van der Waals surface area contributed by atoms with Crippen molar-refractivity contribution in [3.05, 3.63) is 0 Å². The summed E-state index contributed by atoms with van der Waals surface area (Å²) >= 11 is 1.56. The van der Waals surface area contributed by atoms with E-state index in [1.807, 2.05) is 0 Å². The summed E-state index contributed by atoms with van der Waals surface area (Å²) in [6.45, 7) is 0. The van der Waals surface area contributed by atoms with E-state index in [0.717, 1.165) is 0 Å². The first kappa shape index (κ1) is 11.4. The SMILES string of the molecule is O=S(=O)(O)CI.[Na]. The smallest absolute Gasteiger partial charge is 0.274 e. The van der Waals surface area contributed by atoms with Gasteiger partial charge in [0.1, 0.15) is 3.76 Å². The maximum atomic E-state index is 9.55. The van der Waals surface area contributed by atoms with Gasteiger partial charge in [-0.05, 0) is 0 Å². The van der Waals surface area contributed by atoms with Gasteiger partial charge in [-0.1, -0.05) is 22.6 Å². The predicted molar refractivity (Wildman–Crippen MR) is 36.2 cm³/mol. The van der Waals surface area contributed by atoms with Gasteiger partial charge >= 0.3 is 0 Å². The van der Waals surface area contributed by atoms with Crippen molar-refractivity contribution in [1.82, 2.24) is 0 Å². The quantitative estimate of drug-likeness (QED) is 0.303. The molecule has 0 aliphatic rings. The molecule has 6 heteroatoms. The Morgan fingerprint density at radius 3 is 1.71 bits per heavy atom. The van der Waals surface area contributed by atoms with E-state index in [-0.39, 0.29) is 33.3 Å². The topological polar surface area (TPSA) is 54.4 Å². The Bertz CT molecular complexity index is 117. The Morgan fingerprint density at radius 2 is 1.71 bits per heavy atom. The summed E-state index contributed by atoms with van der Waals surface area (Å²) in [4.78, 5) is 0. The molecule has 0 saturated heterocycles. The van der Waals surface area contributed by atoms with E-state index >= 15 is 0 Å². The van der Waals surface area contributed by atoms with E-state index in [2.05, 4.69) is 0 Å². The molecule has 39 valence electrons. The Morgan fingerprint density at radius 1 is 1.57 bits per heavy atom. The molecule has 1 radical (unpaired) electrons. The second-order valence-corrected chi connectivity index (χ2v) is 3.94. The maximum Gasteiger partial charge on any atom is 0.274 e. The van der Waals surface area contributed by atoms with Crippen LogP contribution < -0.4 is 0 Å². The number of hydrogen-bond donors (Lipinski definition) is 1. The Hall–Kier alpha value is 1.64. The van der Waals surface area contributed by atoms with Crippen LogP contribution in [0.2, 0.25) is 0 Å². The number of alkyl halides is 1. The molecule has 0 heterocycles. The van der Waals surface area contributed by atoms with Crippen LogP contribution in [-0.2, 0) is 10.1 Å². The molecule has 0 atom stereocenters. The average Bonchev–Trinajstić information content (AvgIpc) is 1.35. The first-order chi connectivity index (χ1) is 2.56. The zero-order valence-corrected chi connectivity index (χ0v) is 8.73. The minimum Gasteiger partial charge on any atom is -0.285 e. The van der Waals surface area contributed by atoms with Crippen molar-refractivity contribution in [2.75, 3.05) is 3.76 Å². The van der Waals surface area contributed by atoms with Crippen molar-refractivity contribution >= 4 is 62.3 Å². The molecular formula is CH3INaO3S. The molecule has 1 N–H and O–H groups in total. The first-order valence-corrected chi connectivity index (χ1v) is 4.21. The average molecular weight is 245 g/mol. The minimum absolute atomic E-state index is 0. The summed E-state index contributed by atoms with van der Waals surface area (Å²) in [5, 5.41) is 0.